The number of aromatic nitrogens is 2. The van der Waals surface area contributed by atoms with Crippen molar-refractivity contribution in [3.8, 4) is 0 Å². The molecule has 116 valence electrons. The first-order valence-electron chi connectivity index (χ1n) is 7.09. The molecule has 0 bridgehead atoms. The fraction of sp³-hybridized carbons (Fsp3) is 0.333. The van der Waals surface area contributed by atoms with Crippen LogP contribution in [0.3, 0.4) is 0 Å². The molecule has 22 heavy (non-hydrogen) atoms. The third-order valence-electron chi connectivity index (χ3n) is 3.85. The van der Waals surface area contributed by atoms with Crippen molar-refractivity contribution < 1.29 is 8.42 Å². The molecule has 0 atom stereocenters. The van der Waals surface area contributed by atoms with Gasteiger partial charge in [-0.15, -0.1) is 0 Å². The first kappa shape index (κ1) is 14.8. The van der Waals surface area contributed by atoms with E-state index in [4.69, 9.17) is 0 Å². The standard InChI is InChI=1S/C15H18N4O2S/c1-11-3-6-14(7-4-11)22(20,21)18-17-13-5-8-15-12(9-13)10-16-19(15)2/h3-4,6-7,10,18H,5,8-9H2,1-2H3/b17-13+. The summed E-state index contributed by atoms with van der Waals surface area (Å²) in [6, 6.07) is 6.70. The molecule has 0 saturated carbocycles. The Morgan fingerprint density at radius 3 is 2.68 bits per heavy atom. The maximum Gasteiger partial charge on any atom is 0.276 e. The number of nitrogens with zero attached hydrogens (tertiary/aromatic N) is 3. The molecule has 0 radical (unpaired) electrons. The molecule has 1 aliphatic carbocycles. The molecule has 1 N–H and O–H groups in total. The number of nitrogens with one attached hydrogen (secondary N) is 1. The summed E-state index contributed by atoms with van der Waals surface area (Å²) in [6.45, 7) is 1.91. The van der Waals surface area contributed by atoms with Gasteiger partial charge in [0, 0.05) is 24.9 Å². The van der Waals surface area contributed by atoms with Crippen LogP contribution in [0.1, 0.15) is 23.2 Å². The average molecular weight is 318 g/mol. The van der Waals surface area contributed by atoms with Gasteiger partial charge in [-0.25, -0.2) is 4.83 Å². The number of hydrazone groups is 1. The van der Waals surface area contributed by atoms with Crippen molar-refractivity contribution in [2.75, 3.05) is 0 Å². The predicted molar refractivity (Wildman–Crippen MR) is 84.2 cm³/mol. The first-order chi connectivity index (χ1) is 10.5. The van der Waals surface area contributed by atoms with Gasteiger partial charge in [-0.3, -0.25) is 4.68 Å². The molecule has 1 aliphatic rings. The van der Waals surface area contributed by atoms with Gasteiger partial charge in [-0.1, -0.05) is 17.7 Å². The second-order valence-electron chi connectivity index (χ2n) is 5.50. The number of hydrogen-bond donors (Lipinski definition) is 1. The molecule has 0 spiro atoms. The molecule has 0 amide bonds. The Labute approximate surface area is 129 Å². The maximum absolute atomic E-state index is 12.2. The van der Waals surface area contributed by atoms with Crippen molar-refractivity contribution in [3.63, 3.8) is 0 Å². The van der Waals surface area contributed by atoms with Gasteiger partial charge >= 0.3 is 0 Å². The van der Waals surface area contributed by atoms with Gasteiger partial charge in [0.2, 0.25) is 0 Å². The smallest absolute Gasteiger partial charge is 0.272 e. The molecular weight excluding hydrogens is 300 g/mol. The first-order valence-corrected chi connectivity index (χ1v) is 8.58. The van der Waals surface area contributed by atoms with Crippen molar-refractivity contribution >= 4 is 15.7 Å². The third-order valence-corrected chi connectivity index (χ3v) is 5.07. The van der Waals surface area contributed by atoms with Crippen LogP contribution in [0, 0.1) is 6.92 Å². The molecule has 1 heterocycles. The highest BCUT2D eigenvalue weighted by Crippen LogP contribution is 2.18. The van der Waals surface area contributed by atoms with E-state index in [1.165, 1.54) is 5.69 Å². The summed E-state index contributed by atoms with van der Waals surface area (Å²) in [5, 5.41) is 8.32. The van der Waals surface area contributed by atoms with E-state index in [2.05, 4.69) is 15.0 Å². The molecule has 0 unspecified atom stereocenters. The van der Waals surface area contributed by atoms with Crippen LogP contribution >= 0.6 is 0 Å². The van der Waals surface area contributed by atoms with Crippen LogP contribution in [0.15, 0.2) is 40.5 Å². The summed E-state index contributed by atoms with van der Waals surface area (Å²) in [5.41, 5.74) is 4.15. The van der Waals surface area contributed by atoms with Crippen molar-refractivity contribution in [2.45, 2.75) is 31.1 Å². The average Bonchev–Trinajstić information content (AvgIpc) is 2.87. The fourth-order valence-electron chi connectivity index (χ4n) is 2.54. The minimum atomic E-state index is -3.61. The van der Waals surface area contributed by atoms with Crippen molar-refractivity contribution in [1.29, 1.82) is 0 Å². The van der Waals surface area contributed by atoms with Gasteiger partial charge in [-0.2, -0.15) is 18.6 Å². The zero-order valence-corrected chi connectivity index (χ0v) is 13.4. The Kier molecular flexibility index (Phi) is 3.74. The minimum absolute atomic E-state index is 0.223. The second kappa shape index (κ2) is 5.57. The highest BCUT2D eigenvalue weighted by molar-refractivity contribution is 7.89. The SMILES string of the molecule is Cc1ccc(S(=O)(=O)N/N=C2\CCc3c(cnn3C)C2)cc1. The van der Waals surface area contributed by atoms with Crippen LogP contribution in [0.5, 0.6) is 0 Å². The highest BCUT2D eigenvalue weighted by Gasteiger charge is 2.19. The Bertz CT molecular complexity index is 820. The molecule has 0 saturated heterocycles. The highest BCUT2D eigenvalue weighted by atomic mass is 32.2. The fourth-order valence-corrected chi connectivity index (χ4v) is 3.39. The number of hydrogen-bond acceptors (Lipinski definition) is 4. The molecule has 1 aromatic heterocycles. The van der Waals surface area contributed by atoms with Crippen molar-refractivity contribution in [1.82, 2.24) is 14.6 Å². The van der Waals surface area contributed by atoms with Crippen LogP contribution in [0.2, 0.25) is 0 Å². The third kappa shape index (κ3) is 2.89. The van der Waals surface area contributed by atoms with Crippen LogP contribution in [0.4, 0.5) is 0 Å². The van der Waals surface area contributed by atoms with E-state index in [1.807, 2.05) is 24.9 Å². The van der Waals surface area contributed by atoms with Crippen molar-refractivity contribution in [2.24, 2.45) is 12.1 Å². The molecule has 7 heteroatoms. The summed E-state index contributed by atoms with van der Waals surface area (Å²) >= 11 is 0. The van der Waals surface area contributed by atoms with Crippen LogP contribution in [-0.2, 0) is 29.9 Å². The Morgan fingerprint density at radius 2 is 1.95 bits per heavy atom. The normalized spacial score (nSPS) is 16.5. The summed E-state index contributed by atoms with van der Waals surface area (Å²) in [7, 11) is -1.69. The summed E-state index contributed by atoms with van der Waals surface area (Å²) < 4.78 is 26.3. The quantitative estimate of drug-likeness (QED) is 0.872. The van der Waals surface area contributed by atoms with Gasteiger partial charge in [0.15, 0.2) is 0 Å². The van der Waals surface area contributed by atoms with Crippen molar-refractivity contribution in [3.05, 3.63) is 47.3 Å². The lowest BCUT2D eigenvalue weighted by atomic mass is 9.96. The number of rotatable bonds is 3. The van der Waals surface area contributed by atoms with E-state index in [9.17, 15) is 8.42 Å². The summed E-state index contributed by atoms with van der Waals surface area (Å²) in [5.74, 6) is 0. The van der Waals surface area contributed by atoms with Gasteiger partial charge in [0.05, 0.1) is 11.1 Å². The number of sulfonamides is 1. The Balaban J connectivity index is 1.75. The summed E-state index contributed by atoms with van der Waals surface area (Å²) in [6.07, 6.45) is 4.03. The number of fused-ring (bicyclic) bond motifs is 1. The van der Waals surface area contributed by atoms with E-state index in [-0.39, 0.29) is 4.90 Å². The van der Waals surface area contributed by atoms with Crippen LogP contribution in [0.25, 0.3) is 0 Å². The number of aryl methyl sites for hydroxylation is 2. The lowest BCUT2D eigenvalue weighted by Gasteiger charge is -2.14. The molecule has 0 aliphatic heterocycles. The summed E-state index contributed by atoms with van der Waals surface area (Å²) in [4.78, 5) is 2.56. The molecular formula is C15H18N4O2S. The van der Waals surface area contributed by atoms with E-state index in [1.54, 1.807) is 24.3 Å². The zero-order chi connectivity index (χ0) is 15.7. The topological polar surface area (TPSA) is 76.3 Å². The minimum Gasteiger partial charge on any atom is -0.272 e. The van der Waals surface area contributed by atoms with Crippen LogP contribution in [-0.4, -0.2) is 23.9 Å². The predicted octanol–water partition coefficient (Wildman–Crippen LogP) is 1.55. The Morgan fingerprint density at radius 1 is 1.23 bits per heavy atom. The molecule has 3 rings (SSSR count). The van der Waals surface area contributed by atoms with Gasteiger partial charge < -0.3 is 0 Å². The number of benzene rings is 1. The molecule has 1 aromatic carbocycles. The van der Waals surface area contributed by atoms with Gasteiger partial charge in [-0.05, 0) is 37.5 Å². The molecule has 0 fully saturated rings. The molecule has 6 nitrogen and oxygen atoms in total. The van der Waals surface area contributed by atoms with E-state index >= 15 is 0 Å². The maximum atomic E-state index is 12.2. The Hall–Kier alpha value is -2.15. The van der Waals surface area contributed by atoms with Crippen LogP contribution < -0.4 is 4.83 Å². The molecule has 2 aromatic rings. The monoisotopic (exact) mass is 318 g/mol. The van der Waals surface area contributed by atoms with E-state index < -0.39 is 10.0 Å². The van der Waals surface area contributed by atoms with E-state index in [0.717, 1.165) is 29.7 Å². The largest absolute Gasteiger partial charge is 0.276 e. The van der Waals surface area contributed by atoms with Gasteiger partial charge in [0.1, 0.15) is 0 Å². The van der Waals surface area contributed by atoms with E-state index in [0.29, 0.717) is 6.42 Å². The zero-order valence-electron chi connectivity index (χ0n) is 12.6. The lowest BCUT2D eigenvalue weighted by Crippen LogP contribution is -2.23. The lowest BCUT2D eigenvalue weighted by molar-refractivity contribution is 0.584. The van der Waals surface area contributed by atoms with Gasteiger partial charge in [0.25, 0.3) is 10.0 Å². The second-order valence-corrected chi connectivity index (χ2v) is 7.16.